The van der Waals surface area contributed by atoms with Gasteiger partial charge in [0.05, 0.1) is 11.9 Å². The number of carbonyl (C=O) groups excluding carboxylic acids is 1. The average Bonchev–Trinajstić information content (AvgIpc) is 3.46. The summed E-state index contributed by atoms with van der Waals surface area (Å²) in [4.78, 5) is 15.1. The Hall–Kier alpha value is -4.29. The van der Waals surface area contributed by atoms with Crippen LogP contribution >= 0.6 is 0 Å². The summed E-state index contributed by atoms with van der Waals surface area (Å²) in [6.45, 7) is 0.777. The quantitative estimate of drug-likeness (QED) is 0.338. The van der Waals surface area contributed by atoms with E-state index in [4.69, 9.17) is 5.73 Å². The molecule has 0 radical (unpaired) electrons. The highest BCUT2D eigenvalue weighted by Gasteiger charge is 2.32. The molecular formula is C31H27FN4O. The molecule has 1 aliphatic heterocycles. The zero-order valence-corrected chi connectivity index (χ0v) is 20.6. The van der Waals surface area contributed by atoms with Gasteiger partial charge in [-0.1, -0.05) is 54.6 Å². The molecule has 37 heavy (non-hydrogen) atoms. The van der Waals surface area contributed by atoms with Gasteiger partial charge in [0, 0.05) is 42.9 Å². The number of carbonyl (C=O) groups is 1. The van der Waals surface area contributed by atoms with Gasteiger partial charge >= 0.3 is 0 Å². The highest BCUT2D eigenvalue weighted by Crippen LogP contribution is 2.36. The summed E-state index contributed by atoms with van der Waals surface area (Å²) >= 11 is 0. The maximum Gasteiger partial charge on any atom is 0.254 e. The largest absolute Gasteiger partial charge is 0.330 e. The van der Waals surface area contributed by atoms with Crippen LogP contribution in [0.5, 0.6) is 0 Å². The van der Waals surface area contributed by atoms with Crippen LogP contribution < -0.4 is 5.73 Å². The third-order valence-corrected chi connectivity index (χ3v) is 7.28. The van der Waals surface area contributed by atoms with E-state index in [2.05, 4.69) is 41.5 Å². The molecule has 4 aromatic carbocycles. The molecule has 0 bridgehead atoms. The number of nitrogens with two attached hydrogens (primary N) is 1. The predicted octanol–water partition coefficient (Wildman–Crippen LogP) is 5.57. The van der Waals surface area contributed by atoms with Crippen molar-refractivity contribution in [1.29, 1.82) is 0 Å². The maximum absolute atomic E-state index is 13.7. The number of nitrogens with zero attached hydrogens (tertiary/aromatic N) is 3. The monoisotopic (exact) mass is 490 g/mol. The summed E-state index contributed by atoms with van der Waals surface area (Å²) in [6.07, 6.45) is 2.41. The molecule has 1 amide bonds. The van der Waals surface area contributed by atoms with Crippen molar-refractivity contribution in [1.82, 2.24) is 14.7 Å². The molecule has 0 aliphatic carbocycles. The molecule has 1 aromatic heterocycles. The van der Waals surface area contributed by atoms with Gasteiger partial charge in [-0.3, -0.25) is 9.48 Å². The van der Waals surface area contributed by atoms with Crippen molar-refractivity contribution >= 4 is 16.7 Å². The number of halogens is 1. The van der Waals surface area contributed by atoms with Crippen molar-refractivity contribution in [2.45, 2.75) is 19.0 Å². The number of rotatable bonds is 6. The summed E-state index contributed by atoms with van der Waals surface area (Å²) < 4.78 is 15.6. The van der Waals surface area contributed by atoms with Crippen LogP contribution in [0.25, 0.3) is 33.2 Å². The van der Waals surface area contributed by atoms with Crippen LogP contribution in [0.3, 0.4) is 0 Å². The first kappa shape index (κ1) is 23.1. The molecule has 0 unspecified atom stereocenters. The predicted molar refractivity (Wildman–Crippen MR) is 144 cm³/mol. The summed E-state index contributed by atoms with van der Waals surface area (Å²) in [6, 6.07) is 27.0. The lowest BCUT2D eigenvalue weighted by molar-refractivity contribution is 0.0708. The van der Waals surface area contributed by atoms with Crippen molar-refractivity contribution in [3.05, 3.63) is 114 Å². The highest BCUT2D eigenvalue weighted by atomic mass is 19.1. The fourth-order valence-corrected chi connectivity index (χ4v) is 5.39. The molecular weight excluding hydrogens is 463 g/mol. The number of amides is 1. The minimum atomic E-state index is -0.285. The Balaban J connectivity index is 1.32. The Morgan fingerprint density at radius 1 is 0.919 bits per heavy atom. The second-order valence-corrected chi connectivity index (χ2v) is 9.62. The van der Waals surface area contributed by atoms with Crippen LogP contribution in [0.1, 0.15) is 21.5 Å². The molecule has 184 valence electrons. The van der Waals surface area contributed by atoms with E-state index < -0.39 is 0 Å². The van der Waals surface area contributed by atoms with Gasteiger partial charge in [0.25, 0.3) is 5.91 Å². The minimum absolute atomic E-state index is 0.0341. The molecule has 5 aromatic rings. The molecule has 2 N–H and O–H groups in total. The molecule has 6 heteroatoms. The van der Waals surface area contributed by atoms with Crippen molar-refractivity contribution in [2.75, 3.05) is 6.54 Å². The van der Waals surface area contributed by atoms with Gasteiger partial charge < -0.3 is 10.6 Å². The molecule has 1 aliphatic rings. The summed E-state index contributed by atoms with van der Waals surface area (Å²) in [5.41, 5.74) is 12.7. The fraction of sp³-hybridized carbons (Fsp3) is 0.161. The number of hydrogen-bond donors (Lipinski definition) is 1. The number of aryl methyl sites for hydroxylation is 1. The van der Waals surface area contributed by atoms with Gasteiger partial charge in [0.1, 0.15) is 5.82 Å². The normalized spacial score (nSPS) is 13.8. The van der Waals surface area contributed by atoms with Gasteiger partial charge in [-0.25, -0.2) is 4.39 Å². The topological polar surface area (TPSA) is 64.2 Å². The van der Waals surface area contributed by atoms with Gasteiger partial charge in [-0.05, 0) is 64.2 Å². The zero-order valence-electron chi connectivity index (χ0n) is 20.6. The Morgan fingerprint density at radius 3 is 2.54 bits per heavy atom. The summed E-state index contributed by atoms with van der Waals surface area (Å²) in [7, 11) is 1.94. The lowest BCUT2D eigenvalue weighted by Gasteiger charge is -2.26. The van der Waals surface area contributed by atoms with Gasteiger partial charge in [0.15, 0.2) is 0 Å². The maximum atomic E-state index is 13.7. The van der Waals surface area contributed by atoms with E-state index in [9.17, 15) is 9.18 Å². The first-order valence-corrected chi connectivity index (χ1v) is 12.4. The summed E-state index contributed by atoms with van der Waals surface area (Å²) in [5.74, 6) is -0.319. The highest BCUT2D eigenvalue weighted by molar-refractivity contribution is 5.99. The Morgan fingerprint density at radius 2 is 1.73 bits per heavy atom. The lowest BCUT2D eigenvalue weighted by Crippen LogP contribution is -2.42. The van der Waals surface area contributed by atoms with Crippen molar-refractivity contribution in [3.8, 4) is 22.4 Å². The fourth-order valence-electron chi connectivity index (χ4n) is 5.39. The van der Waals surface area contributed by atoms with Crippen LogP contribution in [0.2, 0.25) is 0 Å². The molecule has 2 heterocycles. The zero-order chi connectivity index (χ0) is 25.5. The van der Waals surface area contributed by atoms with Crippen LogP contribution in [-0.4, -0.2) is 33.2 Å². The number of fused-ring (bicyclic) bond motifs is 2. The Kier molecular flexibility index (Phi) is 5.81. The lowest BCUT2D eigenvalue weighted by atomic mass is 9.97. The van der Waals surface area contributed by atoms with Gasteiger partial charge in [-0.2, -0.15) is 5.10 Å². The van der Waals surface area contributed by atoms with Gasteiger partial charge in [0.2, 0.25) is 0 Å². The number of aromatic nitrogens is 2. The standard InChI is InChI=1S/C31H27FN4O/c1-35-30(29(18-34-35)23-10-9-21-6-2-3-7-22(21)15-23)24-11-12-28-25(16-24)19-36(31(28)37)27(17-33)14-20-5-4-8-26(32)13-20/h2-13,15-16,18,27H,14,17,19,33H2,1H3/t27-/m0/s1. The molecule has 0 saturated heterocycles. The van der Waals surface area contributed by atoms with E-state index in [1.165, 1.54) is 22.9 Å². The van der Waals surface area contributed by atoms with E-state index >= 15 is 0 Å². The van der Waals surface area contributed by atoms with E-state index in [-0.39, 0.29) is 17.8 Å². The first-order valence-electron chi connectivity index (χ1n) is 12.4. The van der Waals surface area contributed by atoms with Crippen molar-refractivity contribution in [3.63, 3.8) is 0 Å². The van der Waals surface area contributed by atoms with Gasteiger partial charge in [-0.15, -0.1) is 0 Å². The number of benzene rings is 4. The van der Waals surface area contributed by atoms with Crippen molar-refractivity contribution < 1.29 is 9.18 Å². The second-order valence-electron chi connectivity index (χ2n) is 9.62. The van der Waals surface area contributed by atoms with E-state index in [1.54, 1.807) is 6.07 Å². The minimum Gasteiger partial charge on any atom is -0.330 e. The second kappa shape index (κ2) is 9.30. The van der Waals surface area contributed by atoms with E-state index in [0.717, 1.165) is 33.5 Å². The molecule has 0 spiro atoms. The van der Waals surface area contributed by atoms with Crippen LogP contribution in [0.15, 0.2) is 91.1 Å². The molecule has 5 nitrogen and oxygen atoms in total. The molecule has 0 fully saturated rings. The third-order valence-electron chi connectivity index (χ3n) is 7.28. The molecule has 1 atom stereocenters. The van der Waals surface area contributed by atoms with E-state index in [1.807, 2.05) is 53.2 Å². The van der Waals surface area contributed by atoms with Crippen LogP contribution in [-0.2, 0) is 20.0 Å². The number of hydrogen-bond acceptors (Lipinski definition) is 3. The summed E-state index contributed by atoms with van der Waals surface area (Å²) in [5, 5.41) is 6.93. The van der Waals surface area contributed by atoms with Crippen LogP contribution in [0, 0.1) is 5.82 Å². The smallest absolute Gasteiger partial charge is 0.254 e. The average molecular weight is 491 g/mol. The Bertz CT molecular complexity index is 1640. The van der Waals surface area contributed by atoms with Crippen molar-refractivity contribution in [2.24, 2.45) is 12.8 Å². The SMILES string of the molecule is Cn1ncc(-c2ccc3ccccc3c2)c1-c1ccc2c(c1)CN([C@H](CN)Cc1cccc(F)c1)C2=O. The third kappa shape index (κ3) is 4.19. The molecule has 0 saturated carbocycles. The first-order chi connectivity index (χ1) is 18.0. The molecule has 6 rings (SSSR count). The van der Waals surface area contributed by atoms with E-state index in [0.29, 0.717) is 25.1 Å². The Labute approximate surface area is 215 Å². The van der Waals surface area contributed by atoms with Crippen LogP contribution in [0.4, 0.5) is 4.39 Å².